The van der Waals surface area contributed by atoms with Gasteiger partial charge >= 0.3 is 0 Å². The Balaban J connectivity index is 1.94. The quantitative estimate of drug-likeness (QED) is 0.719. The van der Waals surface area contributed by atoms with Gasteiger partial charge in [-0.3, -0.25) is 0 Å². The summed E-state index contributed by atoms with van der Waals surface area (Å²) in [6.45, 7) is 0.773. The van der Waals surface area contributed by atoms with Gasteiger partial charge < -0.3 is 15.2 Å². The molecule has 0 aromatic heterocycles. The van der Waals surface area contributed by atoms with Crippen molar-refractivity contribution >= 4 is 5.97 Å². The monoisotopic (exact) mass is 223 g/mol. The topological polar surface area (TPSA) is 56.7 Å². The number of aliphatic carboxylic acids is 1. The van der Waals surface area contributed by atoms with Gasteiger partial charge in [-0.25, -0.2) is 4.39 Å². The van der Waals surface area contributed by atoms with Crippen molar-refractivity contribution in [1.29, 1.82) is 0 Å². The van der Waals surface area contributed by atoms with Crippen molar-refractivity contribution in [3.8, 4) is 0 Å². The molecular formula is C12H14FNO2. The molecule has 2 atom stereocenters. The van der Waals surface area contributed by atoms with Crippen LogP contribution in [0.2, 0.25) is 0 Å². The lowest BCUT2D eigenvalue weighted by Crippen LogP contribution is -2.90. The molecule has 0 saturated carbocycles. The number of carboxylic acid groups (broad SMARTS) is 1. The Kier molecular flexibility index (Phi) is 3.19. The van der Waals surface area contributed by atoms with Crippen LogP contribution in [0.4, 0.5) is 4.39 Å². The van der Waals surface area contributed by atoms with Gasteiger partial charge in [-0.2, -0.15) is 0 Å². The maximum atomic E-state index is 12.9. The molecule has 0 spiro atoms. The van der Waals surface area contributed by atoms with Gasteiger partial charge in [0.05, 0.1) is 12.5 Å². The highest BCUT2D eigenvalue weighted by Gasteiger charge is 2.28. The van der Waals surface area contributed by atoms with Gasteiger partial charge in [0, 0.05) is 12.3 Å². The molecule has 4 heteroatoms. The maximum Gasteiger partial charge on any atom is 0.127 e. The molecule has 1 aliphatic rings. The molecule has 1 fully saturated rings. The zero-order chi connectivity index (χ0) is 11.5. The molecule has 3 nitrogen and oxygen atoms in total. The number of carboxylic acids is 1. The molecule has 2 N–H and O–H groups in total. The first-order valence-corrected chi connectivity index (χ1v) is 5.44. The van der Waals surface area contributed by atoms with E-state index in [0.717, 1.165) is 18.5 Å². The molecule has 0 amide bonds. The van der Waals surface area contributed by atoms with E-state index in [4.69, 9.17) is 0 Å². The van der Waals surface area contributed by atoms with E-state index in [-0.39, 0.29) is 5.82 Å². The third kappa shape index (κ3) is 2.58. The molecule has 1 aromatic rings. The van der Waals surface area contributed by atoms with Gasteiger partial charge in [0.25, 0.3) is 0 Å². The van der Waals surface area contributed by atoms with Crippen molar-refractivity contribution in [2.75, 3.05) is 6.54 Å². The average Bonchev–Trinajstić information content (AvgIpc) is 2.66. The van der Waals surface area contributed by atoms with Crippen LogP contribution in [-0.4, -0.2) is 18.6 Å². The minimum absolute atomic E-state index is 0.240. The van der Waals surface area contributed by atoms with E-state index in [1.165, 1.54) is 12.1 Å². The maximum absolute atomic E-state index is 12.9. The van der Waals surface area contributed by atoms with E-state index >= 15 is 0 Å². The van der Waals surface area contributed by atoms with Crippen LogP contribution in [0.15, 0.2) is 24.3 Å². The average molecular weight is 223 g/mol. The number of carbonyl (C=O) groups excluding carboxylic acids is 1. The van der Waals surface area contributed by atoms with Crippen molar-refractivity contribution in [2.24, 2.45) is 5.92 Å². The van der Waals surface area contributed by atoms with Gasteiger partial charge in [0.2, 0.25) is 0 Å². The molecule has 1 saturated heterocycles. The summed E-state index contributed by atoms with van der Waals surface area (Å²) >= 11 is 0. The Hall–Kier alpha value is -1.42. The second-order valence-electron chi connectivity index (χ2n) is 4.33. The summed E-state index contributed by atoms with van der Waals surface area (Å²) in [7, 11) is 0. The first-order chi connectivity index (χ1) is 7.65. The Labute approximate surface area is 93.3 Å². The summed E-state index contributed by atoms with van der Waals surface area (Å²) < 4.78 is 12.9. The first kappa shape index (κ1) is 11.1. The summed E-state index contributed by atoms with van der Waals surface area (Å²) in [6.07, 6.45) is 1.34. The molecule has 0 bridgehead atoms. The molecule has 0 unspecified atom stereocenters. The number of nitrogens with two attached hydrogens (primary N) is 1. The Morgan fingerprint density at radius 1 is 1.56 bits per heavy atom. The summed E-state index contributed by atoms with van der Waals surface area (Å²) in [4.78, 5) is 10.7. The Morgan fingerprint density at radius 3 is 3.00 bits per heavy atom. The second-order valence-corrected chi connectivity index (χ2v) is 4.33. The molecule has 0 radical (unpaired) electrons. The minimum Gasteiger partial charge on any atom is -0.544 e. The Morgan fingerprint density at radius 2 is 2.38 bits per heavy atom. The number of carbonyl (C=O) groups is 1. The van der Waals surface area contributed by atoms with Crippen LogP contribution in [0, 0.1) is 11.7 Å². The van der Waals surface area contributed by atoms with Gasteiger partial charge in [-0.05, 0) is 24.1 Å². The highest BCUT2D eigenvalue weighted by atomic mass is 19.1. The van der Waals surface area contributed by atoms with Gasteiger partial charge in [0.1, 0.15) is 11.9 Å². The number of benzene rings is 1. The van der Waals surface area contributed by atoms with Crippen molar-refractivity contribution < 1.29 is 19.6 Å². The van der Waals surface area contributed by atoms with Crippen molar-refractivity contribution in [3.05, 3.63) is 35.6 Å². The molecule has 1 heterocycles. The molecule has 1 aliphatic heterocycles. The number of halogens is 1. The number of quaternary nitrogens is 1. The second kappa shape index (κ2) is 4.61. The van der Waals surface area contributed by atoms with E-state index in [1.54, 1.807) is 11.4 Å². The fourth-order valence-electron chi connectivity index (χ4n) is 2.26. The number of hydrogen-bond acceptors (Lipinski definition) is 2. The van der Waals surface area contributed by atoms with Gasteiger partial charge in [0.15, 0.2) is 0 Å². The largest absolute Gasteiger partial charge is 0.544 e. The first-order valence-electron chi connectivity index (χ1n) is 5.44. The molecule has 1 aromatic carbocycles. The smallest absolute Gasteiger partial charge is 0.127 e. The Bertz CT molecular complexity index is 394. The van der Waals surface area contributed by atoms with Gasteiger partial charge in [-0.15, -0.1) is 0 Å². The standard InChI is InChI=1S/C12H14FNO2/c13-10-3-1-2-8(5-10)4-9-6-11(12(15)16)14-7-9/h1-3,5,9,11,14H,4,6-7H2,(H,15,16)/t9-,11+/m1/s1. The highest BCUT2D eigenvalue weighted by Crippen LogP contribution is 2.15. The summed E-state index contributed by atoms with van der Waals surface area (Å²) in [5, 5.41) is 12.4. The van der Waals surface area contributed by atoms with E-state index in [0.29, 0.717) is 12.3 Å². The van der Waals surface area contributed by atoms with Crippen molar-refractivity contribution in [1.82, 2.24) is 0 Å². The van der Waals surface area contributed by atoms with Crippen molar-refractivity contribution in [2.45, 2.75) is 18.9 Å². The SMILES string of the molecule is O=C([O-])[C@@H]1C[C@@H](Cc2cccc(F)c2)C[NH2+]1. The predicted molar refractivity (Wildman–Crippen MR) is 53.8 cm³/mol. The van der Waals surface area contributed by atoms with Crippen LogP contribution in [0.3, 0.4) is 0 Å². The fraction of sp³-hybridized carbons (Fsp3) is 0.417. The third-order valence-corrected chi connectivity index (χ3v) is 3.06. The van der Waals surface area contributed by atoms with Crippen LogP contribution in [0.25, 0.3) is 0 Å². The minimum atomic E-state index is -0.998. The van der Waals surface area contributed by atoms with E-state index < -0.39 is 12.0 Å². The zero-order valence-corrected chi connectivity index (χ0v) is 8.86. The normalized spacial score (nSPS) is 24.6. The molecule has 16 heavy (non-hydrogen) atoms. The lowest BCUT2D eigenvalue weighted by molar-refractivity contribution is -0.666. The lowest BCUT2D eigenvalue weighted by Gasteiger charge is -2.08. The molecule has 86 valence electrons. The third-order valence-electron chi connectivity index (χ3n) is 3.06. The van der Waals surface area contributed by atoms with Crippen LogP contribution < -0.4 is 10.4 Å². The van der Waals surface area contributed by atoms with Crippen LogP contribution in [-0.2, 0) is 11.2 Å². The van der Waals surface area contributed by atoms with Crippen LogP contribution >= 0.6 is 0 Å². The van der Waals surface area contributed by atoms with E-state index in [9.17, 15) is 14.3 Å². The van der Waals surface area contributed by atoms with Crippen LogP contribution in [0.5, 0.6) is 0 Å². The predicted octanol–water partition coefficient (Wildman–Crippen LogP) is -0.930. The lowest BCUT2D eigenvalue weighted by atomic mass is 9.97. The fourth-order valence-corrected chi connectivity index (χ4v) is 2.26. The van der Waals surface area contributed by atoms with E-state index in [1.807, 2.05) is 6.07 Å². The van der Waals surface area contributed by atoms with Crippen molar-refractivity contribution in [3.63, 3.8) is 0 Å². The van der Waals surface area contributed by atoms with Crippen LogP contribution in [0.1, 0.15) is 12.0 Å². The summed E-state index contributed by atoms with van der Waals surface area (Å²) in [5.74, 6) is -0.942. The van der Waals surface area contributed by atoms with E-state index in [2.05, 4.69) is 0 Å². The summed E-state index contributed by atoms with van der Waals surface area (Å²) in [6, 6.07) is 6.04. The van der Waals surface area contributed by atoms with Gasteiger partial charge in [-0.1, -0.05) is 12.1 Å². The number of hydrogen-bond donors (Lipinski definition) is 1. The molecule has 2 rings (SSSR count). The summed E-state index contributed by atoms with van der Waals surface area (Å²) in [5.41, 5.74) is 0.928. The highest BCUT2D eigenvalue weighted by molar-refractivity contribution is 5.69. The molecular weight excluding hydrogens is 209 g/mol. The number of rotatable bonds is 3. The molecule has 0 aliphatic carbocycles. The zero-order valence-electron chi connectivity index (χ0n) is 8.86.